The van der Waals surface area contributed by atoms with E-state index in [2.05, 4.69) is 48.8 Å². The fourth-order valence-electron chi connectivity index (χ4n) is 4.11. The van der Waals surface area contributed by atoms with Crippen LogP contribution >= 0.6 is 0 Å². The summed E-state index contributed by atoms with van der Waals surface area (Å²) in [6, 6.07) is 4.12. The number of carbonyl (C=O) groups excluding carboxylic acids is 1. The normalized spacial score (nSPS) is 11.2. The molecule has 31 heavy (non-hydrogen) atoms. The van der Waals surface area contributed by atoms with Crippen LogP contribution in [0.4, 0.5) is 10.5 Å². The highest BCUT2D eigenvalue weighted by molar-refractivity contribution is 5.91. The Balaban J connectivity index is 1.92. The Morgan fingerprint density at radius 2 is 1.23 bits per heavy atom. The maximum absolute atomic E-state index is 12.1. The van der Waals surface area contributed by atoms with Crippen LogP contribution in [-0.4, -0.2) is 12.6 Å². The highest BCUT2D eigenvalue weighted by atomic mass is 16.2. The summed E-state index contributed by atoms with van der Waals surface area (Å²) in [5.74, 6) is 0. The van der Waals surface area contributed by atoms with Gasteiger partial charge in [-0.2, -0.15) is 0 Å². The second-order valence-corrected chi connectivity index (χ2v) is 9.09. The van der Waals surface area contributed by atoms with E-state index in [4.69, 9.17) is 0 Å². The minimum Gasteiger partial charge on any atom is -0.338 e. The molecule has 0 unspecified atom stereocenters. The molecule has 0 saturated carbocycles. The lowest BCUT2D eigenvalue weighted by atomic mass is 10.1. The molecule has 0 heterocycles. The van der Waals surface area contributed by atoms with Crippen LogP contribution in [0.5, 0.6) is 0 Å². The van der Waals surface area contributed by atoms with Crippen molar-refractivity contribution in [1.82, 2.24) is 5.32 Å². The molecule has 0 bridgehead atoms. The number of carbonyl (C=O) groups is 1. The number of urea groups is 1. The van der Waals surface area contributed by atoms with E-state index < -0.39 is 0 Å². The van der Waals surface area contributed by atoms with Crippen molar-refractivity contribution in [2.24, 2.45) is 0 Å². The summed E-state index contributed by atoms with van der Waals surface area (Å²) >= 11 is 0. The summed E-state index contributed by atoms with van der Waals surface area (Å²) in [5, 5.41) is 5.99. The molecule has 0 spiro atoms. The van der Waals surface area contributed by atoms with Gasteiger partial charge in [0.15, 0.2) is 0 Å². The molecule has 1 rings (SSSR count). The van der Waals surface area contributed by atoms with E-state index in [9.17, 15) is 4.79 Å². The average molecular weight is 429 g/mol. The third-order valence-corrected chi connectivity index (χ3v) is 5.89. The Bertz CT molecular complexity index is 613. The van der Waals surface area contributed by atoms with Crippen molar-refractivity contribution in [1.29, 1.82) is 0 Å². The monoisotopic (exact) mass is 428 g/mol. The van der Waals surface area contributed by atoms with E-state index in [1.807, 2.05) is 13.8 Å². The van der Waals surface area contributed by atoms with Crippen molar-refractivity contribution in [2.75, 3.05) is 11.9 Å². The number of allylic oxidation sites excluding steroid dienone is 2. The van der Waals surface area contributed by atoms with Gasteiger partial charge in [0.25, 0.3) is 0 Å². The average Bonchev–Trinajstić information content (AvgIpc) is 2.73. The van der Waals surface area contributed by atoms with E-state index in [0.717, 1.165) is 29.8 Å². The third kappa shape index (κ3) is 14.0. The zero-order valence-electron chi connectivity index (χ0n) is 20.8. The number of amides is 2. The molecule has 0 atom stereocenters. The molecular formula is C28H48N2O. The molecule has 0 fully saturated rings. The molecular weight excluding hydrogens is 380 g/mol. The molecule has 0 radical (unpaired) electrons. The maximum atomic E-state index is 12.1. The Morgan fingerprint density at radius 1 is 0.742 bits per heavy atom. The van der Waals surface area contributed by atoms with Gasteiger partial charge >= 0.3 is 6.03 Å². The highest BCUT2D eigenvalue weighted by Gasteiger charge is 2.07. The summed E-state index contributed by atoms with van der Waals surface area (Å²) in [6.07, 6.45) is 23.0. The first-order chi connectivity index (χ1) is 15.0. The van der Waals surface area contributed by atoms with Crippen LogP contribution in [0.3, 0.4) is 0 Å². The van der Waals surface area contributed by atoms with Gasteiger partial charge in [-0.3, -0.25) is 0 Å². The summed E-state index contributed by atoms with van der Waals surface area (Å²) in [7, 11) is 0. The van der Waals surface area contributed by atoms with Gasteiger partial charge in [-0.05, 0) is 64.0 Å². The number of unbranched alkanes of at least 4 members (excludes halogenated alkanes) is 12. The number of benzene rings is 1. The molecule has 2 amide bonds. The fourth-order valence-corrected chi connectivity index (χ4v) is 4.11. The standard InChI is InChI=1S/C28H48N2O/c1-5-6-7-8-9-10-11-12-13-14-15-16-17-18-19-20-21-29-28(31)30-27-25(3)22-24(2)23-26(27)4/h12-13,22-23H,5-11,14-21H2,1-4H3,(H2,29,30,31)/b13-12-. The Kier molecular flexibility index (Phi) is 15.7. The quantitative estimate of drug-likeness (QED) is 0.189. The molecule has 2 N–H and O–H groups in total. The van der Waals surface area contributed by atoms with E-state index in [1.54, 1.807) is 0 Å². The summed E-state index contributed by atoms with van der Waals surface area (Å²) in [4.78, 5) is 12.1. The van der Waals surface area contributed by atoms with Crippen molar-refractivity contribution in [3.63, 3.8) is 0 Å². The molecule has 0 aromatic heterocycles. The van der Waals surface area contributed by atoms with Crippen LogP contribution < -0.4 is 10.6 Å². The first-order valence-corrected chi connectivity index (χ1v) is 12.8. The number of hydrogen-bond acceptors (Lipinski definition) is 1. The Morgan fingerprint density at radius 3 is 1.77 bits per heavy atom. The lowest BCUT2D eigenvalue weighted by Gasteiger charge is -2.13. The van der Waals surface area contributed by atoms with Crippen LogP contribution in [0.15, 0.2) is 24.3 Å². The van der Waals surface area contributed by atoms with Crippen molar-refractivity contribution in [3.8, 4) is 0 Å². The van der Waals surface area contributed by atoms with Gasteiger partial charge in [0, 0.05) is 12.2 Å². The Labute approximate surface area is 192 Å². The SMILES string of the molecule is CCCCCCCC/C=C\CCCCCCCCNC(=O)Nc1c(C)cc(C)cc1C. The molecule has 0 saturated heterocycles. The van der Waals surface area contributed by atoms with Gasteiger partial charge in [0.05, 0.1) is 0 Å². The summed E-state index contributed by atoms with van der Waals surface area (Å²) in [5.41, 5.74) is 4.39. The summed E-state index contributed by atoms with van der Waals surface area (Å²) in [6.45, 7) is 9.19. The van der Waals surface area contributed by atoms with E-state index in [-0.39, 0.29) is 6.03 Å². The lowest BCUT2D eigenvalue weighted by Crippen LogP contribution is -2.30. The zero-order valence-corrected chi connectivity index (χ0v) is 20.8. The predicted molar refractivity (Wildman–Crippen MR) is 137 cm³/mol. The van der Waals surface area contributed by atoms with Crippen LogP contribution in [0.2, 0.25) is 0 Å². The molecule has 0 aliphatic heterocycles. The van der Waals surface area contributed by atoms with E-state index in [0.29, 0.717) is 0 Å². The number of anilines is 1. The summed E-state index contributed by atoms with van der Waals surface area (Å²) < 4.78 is 0. The van der Waals surface area contributed by atoms with E-state index in [1.165, 1.54) is 89.0 Å². The van der Waals surface area contributed by atoms with Crippen molar-refractivity contribution in [3.05, 3.63) is 41.0 Å². The Hall–Kier alpha value is -1.77. The van der Waals surface area contributed by atoms with Gasteiger partial charge in [0.2, 0.25) is 0 Å². The molecule has 1 aromatic carbocycles. The first kappa shape index (κ1) is 27.3. The smallest absolute Gasteiger partial charge is 0.319 e. The van der Waals surface area contributed by atoms with Gasteiger partial charge in [0.1, 0.15) is 0 Å². The van der Waals surface area contributed by atoms with Gasteiger partial charge in [-0.25, -0.2) is 4.79 Å². The number of aryl methyl sites for hydroxylation is 3. The van der Waals surface area contributed by atoms with Crippen LogP contribution in [-0.2, 0) is 0 Å². The molecule has 3 nitrogen and oxygen atoms in total. The van der Waals surface area contributed by atoms with Crippen molar-refractivity contribution < 1.29 is 4.79 Å². The van der Waals surface area contributed by atoms with Gasteiger partial charge in [-0.15, -0.1) is 0 Å². The first-order valence-electron chi connectivity index (χ1n) is 12.8. The number of rotatable bonds is 17. The van der Waals surface area contributed by atoms with Crippen LogP contribution in [0.1, 0.15) is 114 Å². The molecule has 176 valence electrons. The molecule has 3 heteroatoms. The van der Waals surface area contributed by atoms with Gasteiger partial charge < -0.3 is 10.6 Å². The number of nitrogens with one attached hydrogen (secondary N) is 2. The topological polar surface area (TPSA) is 41.1 Å². The zero-order chi connectivity index (χ0) is 22.7. The molecule has 0 aliphatic carbocycles. The second kappa shape index (κ2) is 17.9. The van der Waals surface area contributed by atoms with E-state index >= 15 is 0 Å². The minimum atomic E-state index is -0.0946. The number of hydrogen-bond donors (Lipinski definition) is 2. The second-order valence-electron chi connectivity index (χ2n) is 9.09. The van der Waals surface area contributed by atoms with Crippen molar-refractivity contribution in [2.45, 2.75) is 118 Å². The van der Waals surface area contributed by atoms with Gasteiger partial charge in [-0.1, -0.05) is 94.6 Å². The third-order valence-electron chi connectivity index (χ3n) is 5.89. The molecule has 1 aromatic rings. The van der Waals surface area contributed by atoms with Crippen molar-refractivity contribution >= 4 is 11.7 Å². The lowest BCUT2D eigenvalue weighted by molar-refractivity contribution is 0.252. The largest absolute Gasteiger partial charge is 0.338 e. The minimum absolute atomic E-state index is 0.0946. The molecule has 0 aliphatic rings. The highest BCUT2D eigenvalue weighted by Crippen LogP contribution is 2.21. The maximum Gasteiger partial charge on any atom is 0.319 e. The van der Waals surface area contributed by atoms with Crippen LogP contribution in [0.25, 0.3) is 0 Å². The predicted octanol–water partition coefficient (Wildman–Crippen LogP) is 8.77. The van der Waals surface area contributed by atoms with Crippen LogP contribution in [0, 0.1) is 20.8 Å². The fraction of sp³-hybridized carbons (Fsp3) is 0.679.